The van der Waals surface area contributed by atoms with Crippen LogP contribution >= 0.6 is 0 Å². The molecule has 21 heavy (non-hydrogen) atoms. The number of hydrogen-bond acceptors (Lipinski definition) is 4. The molecule has 0 amide bonds. The van der Waals surface area contributed by atoms with Crippen LogP contribution in [-0.4, -0.2) is 74.4 Å². The van der Waals surface area contributed by atoms with Crippen molar-refractivity contribution < 1.29 is 4.74 Å². The third-order valence-electron chi connectivity index (χ3n) is 5.51. The lowest BCUT2D eigenvalue weighted by atomic mass is 9.94. The van der Waals surface area contributed by atoms with E-state index in [1.54, 1.807) is 0 Å². The second-order valence-electron chi connectivity index (χ2n) is 7.13. The summed E-state index contributed by atoms with van der Waals surface area (Å²) in [6.07, 6.45) is 6.58. The normalized spacial score (nSPS) is 35.6. The van der Waals surface area contributed by atoms with Crippen LogP contribution < -0.4 is 5.32 Å². The molecule has 3 saturated heterocycles. The van der Waals surface area contributed by atoms with E-state index in [9.17, 15) is 0 Å². The first-order valence-electron chi connectivity index (χ1n) is 9.14. The summed E-state index contributed by atoms with van der Waals surface area (Å²) in [5, 5.41) is 3.76. The molecule has 0 saturated carbocycles. The molecule has 3 atom stereocenters. The van der Waals surface area contributed by atoms with Crippen molar-refractivity contribution in [2.45, 2.75) is 51.1 Å². The van der Waals surface area contributed by atoms with Gasteiger partial charge in [-0.15, -0.1) is 0 Å². The van der Waals surface area contributed by atoms with E-state index < -0.39 is 0 Å². The van der Waals surface area contributed by atoms with Gasteiger partial charge in [0, 0.05) is 37.7 Å². The molecule has 3 rings (SSSR count). The molecule has 3 heterocycles. The quantitative estimate of drug-likeness (QED) is 0.833. The van der Waals surface area contributed by atoms with Gasteiger partial charge in [-0.25, -0.2) is 0 Å². The average Bonchev–Trinajstić information content (AvgIpc) is 2.85. The highest BCUT2D eigenvalue weighted by molar-refractivity contribution is 4.88. The molecule has 3 aliphatic heterocycles. The minimum atomic E-state index is 0.668. The van der Waals surface area contributed by atoms with Gasteiger partial charge in [0.15, 0.2) is 0 Å². The van der Waals surface area contributed by atoms with Crippen LogP contribution in [0.5, 0.6) is 0 Å². The van der Waals surface area contributed by atoms with Gasteiger partial charge in [0.25, 0.3) is 0 Å². The van der Waals surface area contributed by atoms with Crippen molar-refractivity contribution in [3.63, 3.8) is 0 Å². The summed E-state index contributed by atoms with van der Waals surface area (Å²) >= 11 is 0. The third-order valence-corrected chi connectivity index (χ3v) is 5.51. The molecule has 0 radical (unpaired) electrons. The molecule has 122 valence electrons. The predicted octanol–water partition coefficient (Wildman–Crippen LogP) is 1.56. The number of nitrogens with zero attached hydrogens (tertiary/aromatic N) is 2. The van der Waals surface area contributed by atoms with E-state index >= 15 is 0 Å². The van der Waals surface area contributed by atoms with Crippen molar-refractivity contribution in [1.82, 2.24) is 15.1 Å². The zero-order valence-electron chi connectivity index (χ0n) is 13.7. The Balaban J connectivity index is 1.53. The Morgan fingerprint density at radius 1 is 1.14 bits per heavy atom. The molecule has 4 nitrogen and oxygen atoms in total. The molecule has 4 heteroatoms. The second kappa shape index (κ2) is 7.91. The topological polar surface area (TPSA) is 27.7 Å². The van der Waals surface area contributed by atoms with Crippen molar-refractivity contribution in [3.8, 4) is 0 Å². The molecule has 0 aromatic rings. The molecular formula is C17H33N3O. The Hall–Kier alpha value is -0.160. The van der Waals surface area contributed by atoms with E-state index in [2.05, 4.69) is 22.0 Å². The number of hydrogen-bond donors (Lipinski definition) is 1. The van der Waals surface area contributed by atoms with E-state index in [1.165, 1.54) is 64.8 Å². The van der Waals surface area contributed by atoms with Gasteiger partial charge in [-0.05, 0) is 58.3 Å². The van der Waals surface area contributed by atoms with Gasteiger partial charge in [0.2, 0.25) is 0 Å². The summed E-state index contributed by atoms with van der Waals surface area (Å²) in [7, 11) is 0. The van der Waals surface area contributed by atoms with Gasteiger partial charge < -0.3 is 15.0 Å². The van der Waals surface area contributed by atoms with Crippen molar-refractivity contribution in [2.75, 3.05) is 52.5 Å². The number of fused-ring (bicyclic) bond motifs is 1. The molecule has 0 aromatic heterocycles. The van der Waals surface area contributed by atoms with E-state index in [1.807, 2.05) is 0 Å². The van der Waals surface area contributed by atoms with Gasteiger partial charge in [0.1, 0.15) is 0 Å². The molecule has 0 aliphatic carbocycles. The Morgan fingerprint density at radius 2 is 2.05 bits per heavy atom. The molecular weight excluding hydrogens is 262 g/mol. The summed E-state index contributed by atoms with van der Waals surface area (Å²) in [6.45, 7) is 11.8. The van der Waals surface area contributed by atoms with Gasteiger partial charge in [0.05, 0.1) is 6.61 Å². The SMILES string of the molecule is CCCNC1CCOCC1CN1CCCN2CCCC2C1. The van der Waals surface area contributed by atoms with Crippen molar-refractivity contribution in [2.24, 2.45) is 5.92 Å². The number of nitrogens with one attached hydrogen (secondary N) is 1. The summed E-state index contributed by atoms with van der Waals surface area (Å²) < 4.78 is 5.77. The first kappa shape index (κ1) is 15.7. The largest absolute Gasteiger partial charge is 0.381 e. The zero-order chi connectivity index (χ0) is 14.5. The third kappa shape index (κ3) is 4.19. The molecule has 0 spiro atoms. The van der Waals surface area contributed by atoms with Crippen LogP contribution in [0, 0.1) is 5.92 Å². The maximum absolute atomic E-state index is 5.77. The predicted molar refractivity (Wildman–Crippen MR) is 86.7 cm³/mol. The van der Waals surface area contributed by atoms with Crippen LogP contribution in [0.25, 0.3) is 0 Å². The first-order chi connectivity index (χ1) is 10.4. The first-order valence-corrected chi connectivity index (χ1v) is 9.14. The minimum Gasteiger partial charge on any atom is -0.381 e. The van der Waals surface area contributed by atoms with E-state index in [-0.39, 0.29) is 0 Å². The van der Waals surface area contributed by atoms with Crippen molar-refractivity contribution in [1.29, 1.82) is 0 Å². The minimum absolute atomic E-state index is 0.668. The van der Waals surface area contributed by atoms with E-state index in [4.69, 9.17) is 4.74 Å². The number of ether oxygens (including phenoxy) is 1. The fourth-order valence-corrected chi connectivity index (χ4v) is 4.36. The fraction of sp³-hybridized carbons (Fsp3) is 1.00. The van der Waals surface area contributed by atoms with Crippen LogP contribution in [0.1, 0.15) is 39.0 Å². The highest BCUT2D eigenvalue weighted by Crippen LogP contribution is 2.23. The molecule has 0 aromatic carbocycles. The smallest absolute Gasteiger partial charge is 0.0521 e. The van der Waals surface area contributed by atoms with Crippen molar-refractivity contribution >= 4 is 0 Å². The Labute approximate surface area is 130 Å². The zero-order valence-corrected chi connectivity index (χ0v) is 13.7. The molecule has 1 N–H and O–H groups in total. The lowest BCUT2D eigenvalue weighted by Crippen LogP contribution is -2.49. The highest BCUT2D eigenvalue weighted by atomic mass is 16.5. The monoisotopic (exact) mass is 295 g/mol. The lowest BCUT2D eigenvalue weighted by Gasteiger charge is -2.36. The molecule has 3 aliphatic rings. The molecule has 3 unspecified atom stereocenters. The van der Waals surface area contributed by atoms with Gasteiger partial charge in [-0.3, -0.25) is 4.90 Å². The summed E-state index contributed by atoms with van der Waals surface area (Å²) in [6, 6.07) is 1.50. The van der Waals surface area contributed by atoms with Crippen LogP contribution in [0.3, 0.4) is 0 Å². The van der Waals surface area contributed by atoms with Gasteiger partial charge in [-0.1, -0.05) is 6.92 Å². The van der Waals surface area contributed by atoms with Crippen LogP contribution in [0.15, 0.2) is 0 Å². The Bertz CT molecular complexity index is 312. The molecule has 3 fully saturated rings. The Kier molecular flexibility index (Phi) is 5.92. The summed E-state index contributed by atoms with van der Waals surface area (Å²) in [5.41, 5.74) is 0. The molecule has 0 bridgehead atoms. The van der Waals surface area contributed by atoms with Crippen LogP contribution in [-0.2, 0) is 4.74 Å². The summed E-state index contributed by atoms with van der Waals surface area (Å²) in [4.78, 5) is 5.46. The van der Waals surface area contributed by atoms with Crippen molar-refractivity contribution in [3.05, 3.63) is 0 Å². The second-order valence-corrected chi connectivity index (χ2v) is 7.13. The van der Waals surface area contributed by atoms with Gasteiger partial charge >= 0.3 is 0 Å². The highest BCUT2D eigenvalue weighted by Gasteiger charge is 2.32. The maximum atomic E-state index is 5.77. The fourth-order valence-electron chi connectivity index (χ4n) is 4.36. The van der Waals surface area contributed by atoms with E-state index in [0.29, 0.717) is 12.0 Å². The average molecular weight is 295 g/mol. The van der Waals surface area contributed by atoms with E-state index in [0.717, 1.165) is 25.8 Å². The van der Waals surface area contributed by atoms with Crippen LogP contribution in [0.2, 0.25) is 0 Å². The Morgan fingerprint density at radius 3 is 2.95 bits per heavy atom. The lowest BCUT2D eigenvalue weighted by molar-refractivity contribution is 0.0158. The summed E-state index contributed by atoms with van der Waals surface area (Å²) in [5.74, 6) is 0.679. The number of rotatable bonds is 5. The van der Waals surface area contributed by atoms with Gasteiger partial charge in [-0.2, -0.15) is 0 Å². The standard InChI is InChI=1S/C17H33N3O/c1-2-7-18-17-6-11-21-14-15(17)12-19-8-4-10-20-9-3-5-16(20)13-19/h15-18H,2-14H2,1H3. The van der Waals surface area contributed by atoms with Crippen LogP contribution in [0.4, 0.5) is 0 Å². The maximum Gasteiger partial charge on any atom is 0.0521 e.